The van der Waals surface area contributed by atoms with Gasteiger partial charge in [-0.1, -0.05) is 6.92 Å². The molecule has 0 radical (unpaired) electrons. The smallest absolute Gasteiger partial charge is 0.356 e. The zero-order valence-electron chi connectivity index (χ0n) is 16.7. The van der Waals surface area contributed by atoms with Gasteiger partial charge in [0, 0.05) is 17.6 Å². The lowest BCUT2D eigenvalue weighted by atomic mass is 9.98. The topological polar surface area (TPSA) is 27.3 Å². The lowest BCUT2D eigenvalue weighted by molar-refractivity contribution is -0.143. The molecule has 1 aliphatic heterocycles. The molecule has 2 aromatic carbocycles. The van der Waals surface area contributed by atoms with E-state index in [1.807, 2.05) is 28.6 Å². The number of hydrogen-bond donors (Lipinski definition) is 2. The van der Waals surface area contributed by atoms with Crippen LogP contribution in [0, 0.1) is 0 Å². The van der Waals surface area contributed by atoms with Crippen molar-refractivity contribution in [3.05, 3.63) is 70.8 Å². The number of thioether (sulfide) groups is 1. The van der Waals surface area contributed by atoms with Crippen molar-refractivity contribution in [2.24, 2.45) is 0 Å². The van der Waals surface area contributed by atoms with E-state index in [4.69, 9.17) is 12.2 Å². The van der Waals surface area contributed by atoms with Gasteiger partial charge >= 0.3 is 12.4 Å². The van der Waals surface area contributed by atoms with Crippen LogP contribution in [0.25, 0.3) is 0 Å². The summed E-state index contributed by atoms with van der Waals surface area (Å²) < 4.78 is 79.0. The van der Waals surface area contributed by atoms with Crippen molar-refractivity contribution < 1.29 is 26.3 Å². The van der Waals surface area contributed by atoms with Crippen LogP contribution in [0.15, 0.2) is 54.1 Å². The van der Waals surface area contributed by atoms with Gasteiger partial charge in [-0.25, -0.2) is 0 Å². The maximum Gasteiger partial charge on any atom is 0.416 e. The molecule has 11 heteroatoms. The third kappa shape index (κ3) is 6.10. The summed E-state index contributed by atoms with van der Waals surface area (Å²) in [4.78, 5) is 2.05. The minimum Gasteiger partial charge on any atom is -0.356 e. The molecule has 1 aliphatic rings. The first-order chi connectivity index (χ1) is 15.0. The summed E-state index contributed by atoms with van der Waals surface area (Å²) in [5, 5.41) is 7.81. The van der Waals surface area contributed by atoms with Crippen molar-refractivity contribution in [3.63, 3.8) is 0 Å². The summed E-state index contributed by atoms with van der Waals surface area (Å²) in [6, 6.07) is 8.03. The zero-order valence-corrected chi connectivity index (χ0v) is 18.4. The van der Waals surface area contributed by atoms with E-state index < -0.39 is 29.5 Å². The molecule has 2 N–H and O–H groups in total. The summed E-state index contributed by atoms with van der Waals surface area (Å²) >= 11 is 6.90. The third-order valence-electron chi connectivity index (χ3n) is 4.73. The number of rotatable bonds is 5. The van der Waals surface area contributed by atoms with Crippen LogP contribution in [-0.4, -0.2) is 11.0 Å². The van der Waals surface area contributed by atoms with Gasteiger partial charge in [0.25, 0.3) is 0 Å². The van der Waals surface area contributed by atoms with E-state index in [-0.39, 0.29) is 23.2 Å². The van der Waals surface area contributed by atoms with Gasteiger partial charge in [0.05, 0.1) is 23.0 Å². The molecular formula is C21H19F6N3S2. The fraction of sp³-hybridized carbons (Fsp3) is 0.286. The van der Waals surface area contributed by atoms with E-state index in [0.29, 0.717) is 5.69 Å². The second-order valence-corrected chi connectivity index (χ2v) is 8.27. The lowest BCUT2D eigenvalue weighted by Crippen LogP contribution is -2.32. The molecule has 0 fully saturated rings. The summed E-state index contributed by atoms with van der Waals surface area (Å²) in [5.41, 5.74) is -1.24. The first-order valence-corrected chi connectivity index (χ1v) is 10.9. The van der Waals surface area contributed by atoms with Crippen molar-refractivity contribution in [1.29, 1.82) is 0 Å². The van der Waals surface area contributed by atoms with Gasteiger partial charge in [-0.2, -0.15) is 26.3 Å². The summed E-state index contributed by atoms with van der Waals surface area (Å²) in [7, 11) is 0. The molecule has 0 saturated carbocycles. The van der Waals surface area contributed by atoms with E-state index >= 15 is 0 Å². The van der Waals surface area contributed by atoms with Gasteiger partial charge in [-0.3, -0.25) is 0 Å². The number of nitrogens with one attached hydrogen (secondary N) is 2. The zero-order chi connectivity index (χ0) is 23.5. The molecule has 32 heavy (non-hydrogen) atoms. The molecule has 3 nitrogen and oxygen atoms in total. The fourth-order valence-electron chi connectivity index (χ4n) is 3.11. The molecule has 1 unspecified atom stereocenters. The molecular weight excluding hydrogens is 472 g/mol. The number of benzene rings is 2. The number of thiocarbonyl (C=S) groups is 1. The van der Waals surface area contributed by atoms with E-state index in [9.17, 15) is 26.3 Å². The third-order valence-corrected chi connectivity index (χ3v) is 5.69. The Morgan fingerprint density at radius 2 is 1.62 bits per heavy atom. The first-order valence-electron chi connectivity index (χ1n) is 9.49. The molecule has 1 heterocycles. The highest BCUT2D eigenvalue weighted by atomic mass is 32.2. The molecule has 0 bridgehead atoms. The Hall–Kier alpha value is -2.40. The van der Waals surface area contributed by atoms with Crippen molar-refractivity contribution in [2.75, 3.05) is 16.1 Å². The Morgan fingerprint density at radius 1 is 1.03 bits per heavy atom. The molecule has 172 valence electrons. The highest BCUT2D eigenvalue weighted by Gasteiger charge is 2.37. The number of halogens is 6. The number of hydrogen-bond acceptors (Lipinski definition) is 3. The normalized spacial score (nSPS) is 15.0. The van der Waals surface area contributed by atoms with Crippen molar-refractivity contribution >= 4 is 40.5 Å². The van der Waals surface area contributed by atoms with Crippen LogP contribution >= 0.6 is 24.0 Å². The SMILES string of the molecule is CCC(NC(=S)Nc1ccc(N2C=CSC2)cc1)c1cc(C(F)(F)F)cc(C(F)(F)F)c1. The average molecular weight is 492 g/mol. The predicted octanol–water partition coefficient (Wildman–Crippen LogP) is 7.14. The van der Waals surface area contributed by atoms with E-state index in [1.165, 1.54) is 0 Å². The first kappa shape index (κ1) is 24.2. The van der Waals surface area contributed by atoms with Gasteiger partial charge in [0.1, 0.15) is 0 Å². The highest BCUT2D eigenvalue weighted by Crippen LogP contribution is 2.38. The van der Waals surface area contributed by atoms with Gasteiger partial charge in [-0.15, -0.1) is 11.8 Å². The van der Waals surface area contributed by atoms with Crippen LogP contribution < -0.4 is 15.5 Å². The monoisotopic (exact) mass is 491 g/mol. The predicted molar refractivity (Wildman–Crippen MR) is 119 cm³/mol. The molecule has 0 saturated heterocycles. The summed E-state index contributed by atoms with van der Waals surface area (Å²) in [5.74, 6) is 0.807. The van der Waals surface area contributed by atoms with E-state index in [1.54, 1.807) is 30.8 Å². The number of alkyl halides is 6. The highest BCUT2D eigenvalue weighted by molar-refractivity contribution is 8.02. The molecule has 3 rings (SSSR count). The largest absolute Gasteiger partial charge is 0.416 e. The Balaban J connectivity index is 1.75. The van der Waals surface area contributed by atoms with Gasteiger partial charge in [0.15, 0.2) is 5.11 Å². The molecule has 2 aromatic rings. The molecule has 1 atom stereocenters. The van der Waals surface area contributed by atoms with Gasteiger partial charge in [-0.05, 0) is 72.1 Å². The fourth-order valence-corrected chi connectivity index (χ4v) is 4.08. The maximum atomic E-state index is 13.2. The minimum absolute atomic E-state index is 0.0900. The Bertz CT molecular complexity index is 954. The summed E-state index contributed by atoms with van der Waals surface area (Å²) in [6.07, 6.45) is -7.64. The van der Waals surface area contributed by atoms with Gasteiger partial charge in [0.2, 0.25) is 0 Å². The average Bonchev–Trinajstić information content (AvgIpc) is 3.26. The molecule has 0 aliphatic carbocycles. The number of anilines is 2. The van der Waals surface area contributed by atoms with Crippen LogP contribution in [0.5, 0.6) is 0 Å². The molecule has 0 spiro atoms. The standard InChI is InChI=1S/C21H19F6N3S2/c1-2-18(13-9-14(20(22,23)24)11-15(10-13)21(25,26)27)29-19(31)28-16-3-5-17(6-4-16)30-7-8-32-12-30/h3-11,18H,2,12H2,1H3,(H2,28,29,31). The van der Waals surface area contributed by atoms with E-state index in [2.05, 4.69) is 10.6 Å². The Morgan fingerprint density at radius 3 is 2.09 bits per heavy atom. The van der Waals surface area contributed by atoms with Crippen LogP contribution in [0.4, 0.5) is 37.7 Å². The van der Waals surface area contributed by atoms with Crippen LogP contribution in [0.2, 0.25) is 0 Å². The van der Waals surface area contributed by atoms with E-state index in [0.717, 1.165) is 23.7 Å². The molecule has 0 aromatic heterocycles. The Kier molecular flexibility index (Phi) is 7.29. The second-order valence-electron chi connectivity index (χ2n) is 7.00. The Labute approximate surface area is 190 Å². The lowest BCUT2D eigenvalue weighted by Gasteiger charge is -2.23. The van der Waals surface area contributed by atoms with Crippen molar-refractivity contribution in [1.82, 2.24) is 5.32 Å². The van der Waals surface area contributed by atoms with Crippen LogP contribution in [0.1, 0.15) is 36.1 Å². The number of nitrogens with zero attached hydrogens (tertiary/aromatic N) is 1. The van der Waals surface area contributed by atoms with Crippen LogP contribution in [-0.2, 0) is 12.4 Å². The van der Waals surface area contributed by atoms with Crippen LogP contribution in [0.3, 0.4) is 0 Å². The minimum atomic E-state index is -4.90. The van der Waals surface area contributed by atoms with Crippen molar-refractivity contribution in [2.45, 2.75) is 31.7 Å². The van der Waals surface area contributed by atoms with Crippen molar-refractivity contribution in [3.8, 4) is 0 Å². The molecule has 0 amide bonds. The summed E-state index contributed by atoms with van der Waals surface area (Å²) in [6.45, 7) is 1.64. The quantitative estimate of drug-likeness (QED) is 0.342. The van der Waals surface area contributed by atoms with Gasteiger partial charge < -0.3 is 15.5 Å². The maximum absolute atomic E-state index is 13.2. The second kappa shape index (κ2) is 9.62.